The topological polar surface area (TPSA) is 56.1 Å². The molecule has 5 nitrogen and oxygen atoms in total. The number of amides is 1. The summed E-state index contributed by atoms with van der Waals surface area (Å²) in [4.78, 5) is 12.9. The molecule has 1 aromatic heterocycles. The lowest BCUT2D eigenvalue weighted by molar-refractivity contribution is -0.120. The maximum absolute atomic E-state index is 12.9. The molecule has 2 fully saturated rings. The molecule has 0 unspecified atom stereocenters. The Morgan fingerprint density at radius 3 is 2.85 bits per heavy atom. The number of rotatable bonds is 4. The molecule has 0 saturated heterocycles. The van der Waals surface area contributed by atoms with Crippen LogP contribution >= 0.6 is 0 Å². The lowest BCUT2D eigenvalue weighted by atomic mass is 9.88. The molecule has 1 aromatic carbocycles. The van der Waals surface area contributed by atoms with Crippen molar-refractivity contribution in [3.63, 3.8) is 0 Å². The smallest absolute Gasteiger partial charge is 0.229 e. The third kappa shape index (κ3) is 2.16. The quantitative estimate of drug-likeness (QED) is 0.858. The van der Waals surface area contributed by atoms with Crippen molar-refractivity contribution in [1.82, 2.24) is 9.78 Å². The fourth-order valence-corrected chi connectivity index (χ4v) is 5.06. The lowest BCUT2D eigenvalue weighted by Crippen LogP contribution is -2.28. The zero-order valence-electron chi connectivity index (χ0n) is 15.1. The Morgan fingerprint density at radius 2 is 2.12 bits per heavy atom. The Hall–Kier alpha value is -2.56. The van der Waals surface area contributed by atoms with Gasteiger partial charge in [-0.15, -0.1) is 0 Å². The highest BCUT2D eigenvalue weighted by molar-refractivity contribution is 5.93. The predicted octanol–water partition coefficient (Wildman–Crippen LogP) is 3.64. The summed E-state index contributed by atoms with van der Waals surface area (Å²) >= 11 is 0. The number of para-hydroxylation sites is 1. The first-order valence-corrected chi connectivity index (χ1v) is 9.29. The molecule has 5 rings (SSSR count). The zero-order chi connectivity index (χ0) is 17.9. The highest BCUT2D eigenvalue weighted by Gasteiger charge is 2.64. The largest absolute Gasteiger partial charge is 0.496 e. The predicted molar refractivity (Wildman–Crippen MR) is 99.7 cm³/mol. The number of allylic oxidation sites excluding steroid dienone is 2. The van der Waals surface area contributed by atoms with E-state index in [1.165, 1.54) is 12.8 Å². The fraction of sp³-hybridized carbons (Fsp3) is 0.429. The first kappa shape index (κ1) is 15.7. The van der Waals surface area contributed by atoms with Crippen molar-refractivity contribution < 1.29 is 9.53 Å². The molecule has 5 heteroatoms. The zero-order valence-corrected chi connectivity index (χ0v) is 15.1. The van der Waals surface area contributed by atoms with Crippen LogP contribution in [-0.2, 0) is 11.8 Å². The van der Waals surface area contributed by atoms with E-state index in [1.54, 1.807) is 11.8 Å². The van der Waals surface area contributed by atoms with Crippen molar-refractivity contribution in [3.05, 3.63) is 42.5 Å². The Bertz CT molecular complexity index is 910. The van der Waals surface area contributed by atoms with E-state index < -0.39 is 0 Å². The Balaban J connectivity index is 1.38. The number of nitrogens with one attached hydrogen (secondary N) is 1. The average molecular weight is 349 g/mol. The number of methoxy groups -OCH3 is 1. The van der Waals surface area contributed by atoms with Crippen molar-refractivity contribution in [3.8, 4) is 17.0 Å². The molecule has 26 heavy (non-hydrogen) atoms. The van der Waals surface area contributed by atoms with Crippen LogP contribution in [0.4, 0.5) is 5.82 Å². The second-order valence-electron chi connectivity index (χ2n) is 7.82. The summed E-state index contributed by atoms with van der Waals surface area (Å²) < 4.78 is 7.16. The third-order valence-corrected chi connectivity index (χ3v) is 6.57. The summed E-state index contributed by atoms with van der Waals surface area (Å²) in [5, 5.41) is 7.68. The van der Waals surface area contributed by atoms with Crippen LogP contribution in [0.1, 0.15) is 19.3 Å². The van der Waals surface area contributed by atoms with Crippen molar-refractivity contribution >= 4 is 11.7 Å². The van der Waals surface area contributed by atoms with Gasteiger partial charge in [0, 0.05) is 24.6 Å². The number of hydrogen-bond acceptors (Lipinski definition) is 3. The second kappa shape index (κ2) is 5.47. The summed E-state index contributed by atoms with van der Waals surface area (Å²) in [5.41, 5.74) is 2.15. The summed E-state index contributed by atoms with van der Waals surface area (Å²) in [6, 6.07) is 9.71. The van der Waals surface area contributed by atoms with E-state index in [0.717, 1.165) is 29.2 Å². The highest BCUT2D eigenvalue weighted by Crippen LogP contribution is 2.70. The van der Waals surface area contributed by atoms with Gasteiger partial charge in [0.05, 0.1) is 12.8 Å². The molecule has 3 aliphatic rings. The number of benzene rings is 1. The van der Waals surface area contributed by atoms with Crippen LogP contribution in [0.15, 0.2) is 42.5 Å². The molecule has 2 saturated carbocycles. The maximum Gasteiger partial charge on any atom is 0.229 e. The first-order chi connectivity index (χ1) is 12.6. The highest BCUT2D eigenvalue weighted by atomic mass is 16.5. The maximum atomic E-state index is 12.9. The minimum Gasteiger partial charge on any atom is -0.496 e. The number of carbonyl (C=O) groups is 1. The van der Waals surface area contributed by atoms with Crippen LogP contribution in [0.3, 0.4) is 0 Å². The van der Waals surface area contributed by atoms with E-state index in [-0.39, 0.29) is 11.8 Å². The van der Waals surface area contributed by atoms with E-state index in [2.05, 4.69) is 22.6 Å². The van der Waals surface area contributed by atoms with Gasteiger partial charge in [-0.2, -0.15) is 5.10 Å². The van der Waals surface area contributed by atoms with Crippen LogP contribution in [-0.4, -0.2) is 22.8 Å². The Labute approximate surface area is 153 Å². The summed E-state index contributed by atoms with van der Waals surface area (Å²) in [7, 11) is 3.51. The summed E-state index contributed by atoms with van der Waals surface area (Å²) in [6.07, 6.45) is 8.18. The molecule has 1 amide bonds. The van der Waals surface area contributed by atoms with Gasteiger partial charge in [0.1, 0.15) is 11.6 Å². The molecule has 0 radical (unpaired) electrons. The molecule has 1 spiro atoms. The summed E-state index contributed by atoms with van der Waals surface area (Å²) in [5.74, 6) is 2.76. The third-order valence-electron chi connectivity index (χ3n) is 6.57. The van der Waals surface area contributed by atoms with Gasteiger partial charge >= 0.3 is 0 Å². The standard InChI is InChI=1S/C21H23N3O2/c1-24-19(12-17(23-24)14-5-3-4-6-18(14)26-2)22-20(25)15-11-13-7-8-16(15)21(13)9-10-21/h3-8,12-13,15-16H,9-11H2,1-2H3,(H,22,25)/t13-,15-,16-/m1/s1. The SMILES string of the molecule is COc1ccccc1-c1cc(NC(=O)[C@@H]2C[C@H]3C=C[C@H]2C32CC2)n(C)n1. The van der Waals surface area contributed by atoms with Gasteiger partial charge in [0.25, 0.3) is 0 Å². The van der Waals surface area contributed by atoms with E-state index in [1.807, 2.05) is 37.4 Å². The van der Waals surface area contributed by atoms with Gasteiger partial charge in [-0.3, -0.25) is 9.48 Å². The molecule has 3 aliphatic carbocycles. The number of aromatic nitrogens is 2. The van der Waals surface area contributed by atoms with Crippen molar-refractivity contribution in [2.75, 3.05) is 12.4 Å². The molecule has 1 heterocycles. The fourth-order valence-electron chi connectivity index (χ4n) is 5.06. The normalized spacial score (nSPS) is 27.1. The minimum absolute atomic E-state index is 0.0945. The molecular weight excluding hydrogens is 326 g/mol. The van der Waals surface area contributed by atoms with E-state index in [9.17, 15) is 4.79 Å². The number of anilines is 1. The Kier molecular flexibility index (Phi) is 3.30. The monoisotopic (exact) mass is 349 g/mol. The van der Waals surface area contributed by atoms with Gasteiger partial charge in [0.15, 0.2) is 0 Å². The van der Waals surface area contributed by atoms with Gasteiger partial charge in [-0.1, -0.05) is 24.3 Å². The number of nitrogens with zero attached hydrogens (tertiary/aromatic N) is 2. The van der Waals surface area contributed by atoms with Crippen molar-refractivity contribution in [2.45, 2.75) is 19.3 Å². The van der Waals surface area contributed by atoms with Crippen LogP contribution in [0.5, 0.6) is 5.75 Å². The first-order valence-electron chi connectivity index (χ1n) is 9.29. The van der Waals surface area contributed by atoms with Gasteiger partial charge < -0.3 is 10.1 Å². The number of aryl methyl sites for hydroxylation is 1. The molecule has 2 bridgehead atoms. The summed E-state index contributed by atoms with van der Waals surface area (Å²) in [6.45, 7) is 0. The van der Waals surface area contributed by atoms with Gasteiger partial charge in [-0.05, 0) is 48.6 Å². The van der Waals surface area contributed by atoms with E-state index in [0.29, 0.717) is 17.3 Å². The molecule has 1 N–H and O–H groups in total. The molecule has 2 aromatic rings. The van der Waals surface area contributed by atoms with E-state index >= 15 is 0 Å². The Morgan fingerprint density at radius 1 is 1.31 bits per heavy atom. The van der Waals surface area contributed by atoms with Crippen LogP contribution in [0.2, 0.25) is 0 Å². The minimum atomic E-state index is 0.0945. The van der Waals surface area contributed by atoms with Crippen molar-refractivity contribution in [1.29, 1.82) is 0 Å². The molecule has 0 aliphatic heterocycles. The van der Waals surface area contributed by atoms with Crippen LogP contribution in [0, 0.1) is 23.2 Å². The number of ether oxygens (including phenoxy) is 1. The van der Waals surface area contributed by atoms with Crippen LogP contribution < -0.4 is 10.1 Å². The lowest BCUT2D eigenvalue weighted by Gasteiger charge is -2.19. The van der Waals surface area contributed by atoms with E-state index in [4.69, 9.17) is 4.74 Å². The molecule has 3 atom stereocenters. The second-order valence-corrected chi connectivity index (χ2v) is 7.82. The van der Waals surface area contributed by atoms with Crippen LogP contribution in [0.25, 0.3) is 11.3 Å². The number of carbonyl (C=O) groups excluding carboxylic acids is 1. The number of hydrogen-bond donors (Lipinski definition) is 1. The van der Waals surface area contributed by atoms with Gasteiger partial charge in [0.2, 0.25) is 5.91 Å². The average Bonchev–Trinajstić information content (AvgIpc) is 3.19. The molecular formula is C21H23N3O2. The van der Waals surface area contributed by atoms with Gasteiger partial charge in [-0.25, -0.2) is 0 Å². The van der Waals surface area contributed by atoms with Crippen molar-refractivity contribution in [2.24, 2.45) is 30.2 Å². The molecule has 134 valence electrons.